The van der Waals surface area contributed by atoms with E-state index in [1.54, 1.807) is 0 Å². The highest BCUT2D eigenvalue weighted by atomic mass is 15.1. The van der Waals surface area contributed by atoms with E-state index in [1.807, 2.05) is 0 Å². The van der Waals surface area contributed by atoms with Crippen molar-refractivity contribution in [3.05, 3.63) is 80.6 Å². The minimum Gasteiger partial charge on any atom is -0.347 e. The van der Waals surface area contributed by atoms with Crippen LogP contribution in [0.5, 0.6) is 0 Å². The molecule has 0 saturated heterocycles. The van der Waals surface area contributed by atoms with E-state index in [0.29, 0.717) is 0 Å². The van der Waals surface area contributed by atoms with Crippen molar-refractivity contribution in [2.75, 3.05) is 19.0 Å². The molecule has 2 aromatic rings. The fourth-order valence-corrected chi connectivity index (χ4v) is 5.03. The van der Waals surface area contributed by atoms with Crippen molar-refractivity contribution in [1.82, 2.24) is 0 Å². The van der Waals surface area contributed by atoms with E-state index in [2.05, 4.69) is 95.5 Å². The van der Waals surface area contributed by atoms with Gasteiger partial charge in [0.15, 0.2) is 5.71 Å². The third-order valence-corrected chi connectivity index (χ3v) is 7.26. The average molecular weight is 386 g/mol. The van der Waals surface area contributed by atoms with Crippen LogP contribution in [0.15, 0.2) is 36.1 Å². The maximum absolute atomic E-state index is 2.37. The van der Waals surface area contributed by atoms with Crippen molar-refractivity contribution >= 4 is 17.1 Å². The summed E-state index contributed by atoms with van der Waals surface area (Å²) in [5.41, 5.74) is 16.9. The molecule has 0 fully saturated rings. The Morgan fingerprint density at radius 1 is 0.828 bits per heavy atom. The Hall–Kier alpha value is -2.61. The van der Waals surface area contributed by atoms with Crippen LogP contribution in [0.1, 0.15) is 44.5 Å². The van der Waals surface area contributed by atoms with Gasteiger partial charge in [0.05, 0.1) is 6.42 Å². The van der Waals surface area contributed by atoms with Crippen LogP contribution in [0, 0.1) is 41.5 Å². The lowest BCUT2D eigenvalue weighted by Crippen LogP contribution is -2.12. The SMILES string of the molecule is Cc1cc2c(c(C)c1C)N(C)C(=CC=CC1=[N+](C)c3c(cc(C)c(C)c3C)C1)C2. The van der Waals surface area contributed by atoms with E-state index in [1.165, 1.54) is 67.3 Å². The number of fused-ring (bicyclic) bond motifs is 2. The van der Waals surface area contributed by atoms with Crippen molar-refractivity contribution in [3.63, 3.8) is 0 Å². The standard InChI is InChI=1S/C27H33N2/c1-16-12-22-14-24(28(7)26(22)20(5)18(16)3)10-9-11-25-15-23-13-17(2)19(4)21(6)27(23)29(25)8/h9-13H,14-15H2,1-8H3/q+1. The van der Waals surface area contributed by atoms with Crippen LogP contribution in [0.25, 0.3) is 0 Å². The molecule has 2 aromatic carbocycles. The zero-order valence-electron chi connectivity index (χ0n) is 19.2. The van der Waals surface area contributed by atoms with E-state index in [9.17, 15) is 0 Å². The van der Waals surface area contributed by atoms with Crippen molar-refractivity contribution in [3.8, 4) is 0 Å². The lowest BCUT2D eigenvalue weighted by molar-refractivity contribution is -0.401. The minimum atomic E-state index is 1.01. The third-order valence-electron chi connectivity index (χ3n) is 7.26. The molecule has 2 heterocycles. The number of hydrogen-bond acceptors (Lipinski definition) is 1. The fourth-order valence-electron chi connectivity index (χ4n) is 5.03. The molecule has 29 heavy (non-hydrogen) atoms. The van der Waals surface area contributed by atoms with Crippen LogP contribution < -0.4 is 4.90 Å². The Kier molecular flexibility index (Phi) is 4.77. The first-order valence-electron chi connectivity index (χ1n) is 10.6. The number of nitrogens with zero attached hydrogens (tertiary/aromatic N) is 2. The Labute approximate surface area is 175 Å². The Morgan fingerprint density at radius 2 is 1.45 bits per heavy atom. The highest BCUT2D eigenvalue weighted by molar-refractivity contribution is 5.96. The quantitative estimate of drug-likeness (QED) is 0.580. The van der Waals surface area contributed by atoms with Gasteiger partial charge in [-0.3, -0.25) is 0 Å². The first-order valence-corrected chi connectivity index (χ1v) is 10.6. The zero-order chi connectivity index (χ0) is 21.0. The summed E-state index contributed by atoms with van der Waals surface area (Å²) in [7, 11) is 4.40. The molecular weight excluding hydrogens is 352 g/mol. The highest BCUT2D eigenvalue weighted by Crippen LogP contribution is 2.39. The van der Waals surface area contributed by atoms with Gasteiger partial charge in [0.25, 0.3) is 0 Å². The molecule has 2 heteroatoms. The zero-order valence-corrected chi connectivity index (χ0v) is 19.2. The van der Waals surface area contributed by atoms with Gasteiger partial charge in [0, 0.05) is 42.1 Å². The highest BCUT2D eigenvalue weighted by Gasteiger charge is 2.29. The fraction of sp³-hybridized carbons (Fsp3) is 0.370. The summed E-state index contributed by atoms with van der Waals surface area (Å²) in [6.45, 7) is 13.4. The Balaban J connectivity index is 1.61. The molecule has 0 spiro atoms. The van der Waals surface area contributed by atoms with Gasteiger partial charge in [-0.05, 0) is 87.1 Å². The molecule has 0 bridgehead atoms. The average Bonchev–Trinajstić information content (AvgIpc) is 3.15. The van der Waals surface area contributed by atoms with Gasteiger partial charge in [-0.1, -0.05) is 12.1 Å². The van der Waals surface area contributed by atoms with E-state index >= 15 is 0 Å². The summed E-state index contributed by atoms with van der Waals surface area (Å²) < 4.78 is 2.37. The molecule has 0 atom stereocenters. The van der Waals surface area contributed by atoms with Gasteiger partial charge in [0.2, 0.25) is 5.69 Å². The maximum Gasteiger partial charge on any atom is 0.212 e. The Bertz CT molecular complexity index is 1130. The molecule has 150 valence electrons. The van der Waals surface area contributed by atoms with Crippen molar-refractivity contribution in [2.24, 2.45) is 0 Å². The van der Waals surface area contributed by atoms with Crippen LogP contribution in [-0.2, 0) is 12.8 Å². The molecule has 0 saturated carbocycles. The number of hydrogen-bond donors (Lipinski definition) is 0. The monoisotopic (exact) mass is 385 g/mol. The summed E-state index contributed by atoms with van der Waals surface area (Å²) in [4.78, 5) is 2.37. The van der Waals surface area contributed by atoms with Crippen molar-refractivity contribution < 1.29 is 4.58 Å². The molecule has 0 aliphatic carbocycles. The second kappa shape index (κ2) is 7.02. The molecule has 0 amide bonds. The minimum absolute atomic E-state index is 1.01. The molecule has 2 aliphatic heterocycles. The molecule has 0 radical (unpaired) electrons. The molecule has 0 aromatic heterocycles. The van der Waals surface area contributed by atoms with Gasteiger partial charge in [-0.25, -0.2) is 0 Å². The number of rotatable bonds is 2. The van der Waals surface area contributed by atoms with Crippen LogP contribution >= 0.6 is 0 Å². The topological polar surface area (TPSA) is 6.25 Å². The van der Waals surface area contributed by atoms with Crippen LogP contribution in [-0.4, -0.2) is 24.4 Å². The predicted molar refractivity (Wildman–Crippen MR) is 125 cm³/mol. The molecular formula is C27H33N2+. The summed E-state index contributed by atoms with van der Waals surface area (Å²) in [5, 5.41) is 0. The summed E-state index contributed by atoms with van der Waals surface area (Å²) in [6.07, 6.45) is 8.84. The van der Waals surface area contributed by atoms with E-state index in [4.69, 9.17) is 0 Å². The lowest BCUT2D eigenvalue weighted by Gasteiger charge is -2.19. The molecule has 0 N–H and O–H groups in total. The third kappa shape index (κ3) is 3.06. The van der Waals surface area contributed by atoms with Gasteiger partial charge in [-0.15, -0.1) is 0 Å². The van der Waals surface area contributed by atoms with Gasteiger partial charge in [-0.2, -0.15) is 4.58 Å². The maximum atomic E-state index is 2.37. The van der Waals surface area contributed by atoms with Crippen LogP contribution in [0.2, 0.25) is 0 Å². The smallest absolute Gasteiger partial charge is 0.212 e. The number of anilines is 1. The number of aryl methyl sites for hydroxylation is 2. The van der Waals surface area contributed by atoms with Gasteiger partial charge in [0.1, 0.15) is 7.05 Å². The van der Waals surface area contributed by atoms with Gasteiger partial charge >= 0.3 is 0 Å². The normalized spacial score (nSPS) is 17.1. The summed E-state index contributed by atoms with van der Waals surface area (Å²) >= 11 is 0. The van der Waals surface area contributed by atoms with Crippen LogP contribution in [0.4, 0.5) is 11.4 Å². The van der Waals surface area contributed by atoms with E-state index < -0.39 is 0 Å². The Morgan fingerprint density at radius 3 is 2.14 bits per heavy atom. The van der Waals surface area contributed by atoms with Gasteiger partial charge < -0.3 is 4.90 Å². The first-order chi connectivity index (χ1) is 13.7. The number of allylic oxidation sites excluding steroid dienone is 4. The summed E-state index contributed by atoms with van der Waals surface area (Å²) in [5.74, 6) is 0. The second-order valence-corrected chi connectivity index (χ2v) is 8.88. The lowest BCUT2D eigenvalue weighted by atomic mass is 9.97. The molecule has 0 unspecified atom stereocenters. The van der Waals surface area contributed by atoms with Crippen LogP contribution in [0.3, 0.4) is 0 Å². The number of likely N-dealkylation sites (N-methyl/N-ethyl adjacent to an activating group) is 1. The van der Waals surface area contributed by atoms with Crippen molar-refractivity contribution in [2.45, 2.75) is 54.4 Å². The second-order valence-electron chi connectivity index (χ2n) is 8.88. The molecule has 2 aliphatic rings. The first kappa shape index (κ1) is 19.7. The van der Waals surface area contributed by atoms with E-state index in [-0.39, 0.29) is 0 Å². The van der Waals surface area contributed by atoms with Crippen molar-refractivity contribution in [1.29, 1.82) is 0 Å². The largest absolute Gasteiger partial charge is 0.347 e. The molecule has 4 rings (SSSR count). The number of benzene rings is 2. The summed E-state index contributed by atoms with van der Waals surface area (Å²) in [6, 6.07) is 4.73. The predicted octanol–water partition coefficient (Wildman–Crippen LogP) is 5.94. The molecule has 2 nitrogen and oxygen atoms in total. The van der Waals surface area contributed by atoms with E-state index in [0.717, 1.165) is 12.8 Å².